The van der Waals surface area contributed by atoms with Crippen LogP contribution >= 0.6 is 15.9 Å². The van der Waals surface area contributed by atoms with Gasteiger partial charge in [0.2, 0.25) is 0 Å². The molecule has 0 N–H and O–H groups in total. The minimum atomic E-state index is -0.193. The van der Waals surface area contributed by atoms with Crippen LogP contribution in [-0.4, -0.2) is 24.8 Å². The fraction of sp³-hybridized carbons (Fsp3) is 0.111. The lowest BCUT2D eigenvalue weighted by molar-refractivity contribution is -0.114. The highest BCUT2D eigenvalue weighted by Crippen LogP contribution is 2.38. The number of ether oxygens (including phenoxy) is 2. The molecule has 0 fully saturated rings. The second-order valence-electron chi connectivity index (χ2n) is 7.19. The molecule has 5 nitrogen and oxygen atoms in total. The zero-order valence-corrected chi connectivity index (χ0v) is 19.8. The van der Waals surface area contributed by atoms with E-state index in [4.69, 9.17) is 9.47 Å². The van der Waals surface area contributed by atoms with Crippen molar-refractivity contribution in [1.82, 2.24) is 0 Å². The zero-order chi connectivity index (χ0) is 23.2. The summed E-state index contributed by atoms with van der Waals surface area (Å²) in [5, 5.41) is 6.12. The molecule has 3 aromatic rings. The van der Waals surface area contributed by atoms with Crippen LogP contribution in [0.25, 0.3) is 6.08 Å². The summed E-state index contributed by atoms with van der Waals surface area (Å²) in [7, 11) is 0. The summed E-state index contributed by atoms with van der Waals surface area (Å²) < 4.78 is 12.3. The van der Waals surface area contributed by atoms with Crippen LogP contribution in [0.4, 0.5) is 5.69 Å². The van der Waals surface area contributed by atoms with Gasteiger partial charge in [-0.15, -0.1) is 0 Å². The normalized spacial score (nSPS) is 14.4. The highest BCUT2D eigenvalue weighted by molar-refractivity contribution is 9.10. The van der Waals surface area contributed by atoms with Crippen molar-refractivity contribution in [3.8, 4) is 11.5 Å². The molecule has 0 spiro atoms. The predicted octanol–water partition coefficient (Wildman–Crippen LogP) is 6.25. The van der Waals surface area contributed by atoms with Crippen molar-refractivity contribution in [2.24, 2.45) is 5.10 Å². The van der Waals surface area contributed by atoms with Gasteiger partial charge < -0.3 is 9.47 Å². The molecule has 1 aliphatic rings. The first-order valence-corrected chi connectivity index (χ1v) is 11.4. The summed E-state index contributed by atoms with van der Waals surface area (Å²) in [5.74, 6) is 0.991. The van der Waals surface area contributed by atoms with Gasteiger partial charge in [-0.25, -0.2) is 0 Å². The summed E-state index contributed by atoms with van der Waals surface area (Å²) in [5.41, 5.74) is 3.48. The first kappa shape index (κ1) is 22.6. The molecule has 6 heteroatoms. The number of hydrogen-bond donors (Lipinski definition) is 0. The van der Waals surface area contributed by atoms with Gasteiger partial charge in [0.05, 0.1) is 22.3 Å². The third-order valence-electron chi connectivity index (χ3n) is 4.91. The third-order valence-corrected chi connectivity index (χ3v) is 5.50. The molecule has 0 atom stereocenters. The first-order valence-electron chi connectivity index (χ1n) is 10.6. The maximum absolute atomic E-state index is 13.5. The number of rotatable bonds is 8. The van der Waals surface area contributed by atoms with Crippen LogP contribution in [0.1, 0.15) is 18.1 Å². The molecule has 0 radical (unpaired) electrons. The van der Waals surface area contributed by atoms with Gasteiger partial charge in [0.25, 0.3) is 5.91 Å². The van der Waals surface area contributed by atoms with Gasteiger partial charge in [-0.1, -0.05) is 61.2 Å². The number of para-hydroxylation sites is 1. The molecule has 3 aromatic carbocycles. The highest BCUT2D eigenvalue weighted by Gasteiger charge is 2.32. The van der Waals surface area contributed by atoms with E-state index in [9.17, 15) is 4.79 Å². The van der Waals surface area contributed by atoms with Crippen LogP contribution < -0.4 is 14.5 Å². The second-order valence-corrected chi connectivity index (χ2v) is 8.04. The van der Waals surface area contributed by atoms with E-state index < -0.39 is 0 Å². The van der Waals surface area contributed by atoms with E-state index in [1.807, 2.05) is 85.8 Å². The van der Waals surface area contributed by atoms with E-state index >= 15 is 0 Å². The average Bonchev–Trinajstić information content (AvgIpc) is 3.16. The zero-order valence-electron chi connectivity index (χ0n) is 18.2. The Morgan fingerprint density at radius 1 is 1.03 bits per heavy atom. The third kappa shape index (κ3) is 4.91. The summed E-state index contributed by atoms with van der Waals surface area (Å²) in [6.45, 7) is 6.45. The fourth-order valence-corrected chi connectivity index (χ4v) is 4.06. The molecule has 4 rings (SSSR count). The van der Waals surface area contributed by atoms with Crippen LogP contribution in [-0.2, 0) is 4.79 Å². The Bertz CT molecular complexity index is 1220. The Balaban J connectivity index is 1.80. The summed E-state index contributed by atoms with van der Waals surface area (Å²) >= 11 is 3.58. The van der Waals surface area contributed by atoms with Crippen LogP contribution in [0.3, 0.4) is 0 Å². The quantitative estimate of drug-likeness (QED) is 0.270. The lowest BCUT2D eigenvalue weighted by Crippen LogP contribution is -2.21. The summed E-state index contributed by atoms with van der Waals surface area (Å²) in [6.07, 6.45) is 3.51. The Labute approximate surface area is 201 Å². The number of benzene rings is 3. The monoisotopic (exact) mass is 502 g/mol. The molecule has 1 aliphatic heterocycles. The Kier molecular flexibility index (Phi) is 7.05. The smallest absolute Gasteiger partial charge is 0.281 e. The predicted molar refractivity (Wildman–Crippen MR) is 136 cm³/mol. The lowest BCUT2D eigenvalue weighted by Gasteiger charge is -2.14. The standard InChI is InChI=1S/C27H23BrN2O3/c1-3-15-33-26-23(28)17-19(18-24(26)32-4-2)16-22-25(20-11-7-5-8-12-20)29-30(27(22)31)21-13-9-6-10-14-21/h3,5-14,16-18H,1,4,15H2,2H3/b22-16-. The number of hydrazone groups is 1. The van der Waals surface area contributed by atoms with Crippen molar-refractivity contribution < 1.29 is 14.3 Å². The first-order chi connectivity index (χ1) is 16.1. The van der Waals surface area contributed by atoms with E-state index in [1.165, 1.54) is 5.01 Å². The second kappa shape index (κ2) is 10.3. The van der Waals surface area contributed by atoms with E-state index in [0.29, 0.717) is 41.7 Å². The van der Waals surface area contributed by atoms with E-state index in [0.717, 1.165) is 15.6 Å². The topological polar surface area (TPSA) is 51.1 Å². The summed E-state index contributed by atoms with van der Waals surface area (Å²) in [4.78, 5) is 13.5. The molecule has 0 bridgehead atoms. The number of amides is 1. The molecule has 0 saturated carbocycles. The number of nitrogens with zero attached hydrogens (tertiary/aromatic N) is 2. The van der Waals surface area contributed by atoms with Crippen molar-refractivity contribution in [1.29, 1.82) is 0 Å². The van der Waals surface area contributed by atoms with Crippen molar-refractivity contribution in [3.05, 3.63) is 107 Å². The number of anilines is 1. The van der Waals surface area contributed by atoms with Gasteiger partial charge in [0, 0.05) is 5.56 Å². The van der Waals surface area contributed by atoms with Gasteiger partial charge in [0.15, 0.2) is 11.5 Å². The van der Waals surface area contributed by atoms with Crippen molar-refractivity contribution >= 4 is 39.3 Å². The Morgan fingerprint density at radius 2 is 1.73 bits per heavy atom. The van der Waals surface area contributed by atoms with E-state index in [2.05, 4.69) is 27.6 Å². The van der Waals surface area contributed by atoms with Gasteiger partial charge >= 0.3 is 0 Å². The van der Waals surface area contributed by atoms with E-state index in [-0.39, 0.29) is 5.91 Å². The van der Waals surface area contributed by atoms with Crippen LogP contribution in [0.5, 0.6) is 11.5 Å². The number of carbonyl (C=O) groups is 1. The molecule has 0 saturated heterocycles. The Morgan fingerprint density at radius 3 is 2.39 bits per heavy atom. The average molecular weight is 503 g/mol. The molecule has 33 heavy (non-hydrogen) atoms. The number of carbonyl (C=O) groups excluding carboxylic acids is 1. The van der Waals surface area contributed by atoms with Gasteiger partial charge in [0.1, 0.15) is 12.3 Å². The van der Waals surface area contributed by atoms with Crippen LogP contribution in [0, 0.1) is 0 Å². The van der Waals surface area contributed by atoms with Crippen molar-refractivity contribution in [2.75, 3.05) is 18.2 Å². The van der Waals surface area contributed by atoms with Gasteiger partial charge in [-0.3, -0.25) is 4.79 Å². The lowest BCUT2D eigenvalue weighted by atomic mass is 10.00. The highest BCUT2D eigenvalue weighted by atomic mass is 79.9. The van der Waals surface area contributed by atoms with E-state index in [1.54, 1.807) is 6.08 Å². The minimum Gasteiger partial charge on any atom is -0.490 e. The molecular weight excluding hydrogens is 480 g/mol. The molecule has 166 valence electrons. The van der Waals surface area contributed by atoms with Gasteiger partial charge in [-0.2, -0.15) is 10.1 Å². The molecule has 1 heterocycles. The summed E-state index contributed by atoms with van der Waals surface area (Å²) in [6, 6.07) is 22.9. The van der Waals surface area contributed by atoms with Crippen LogP contribution in [0.15, 0.2) is 101 Å². The van der Waals surface area contributed by atoms with Gasteiger partial charge in [-0.05, 0) is 58.8 Å². The van der Waals surface area contributed by atoms with Crippen molar-refractivity contribution in [2.45, 2.75) is 6.92 Å². The number of halogens is 1. The SMILES string of the molecule is C=CCOc1c(Br)cc(/C=C2\C(=O)N(c3ccccc3)N=C2c2ccccc2)cc1OCC. The van der Waals surface area contributed by atoms with Crippen LogP contribution in [0.2, 0.25) is 0 Å². The maximum Gasteiger partial charge on any atom is 0.281 e. The molecule has 0 aliphatic carbocycles. The van der Waals surface area contributed by atoms with Crippen molar-refractivity contribution in [3.63, 3.8) is 0 Å². The minimum absolute atomic E-state index is 0.193. The molecule has 0 aromatic heterocycles. The number of hydrogen-bond acceptors (Lipinski definition) is 4. The molecular formula is C27H23BrN2O3. The fourth-order valence-electron chi connectivity index (χ4n) is 3.48. The molecule has 0 unspecified atom stereocenters. The Hall–Kier alpha value is -3.64. The molecule has 1 amide bonds. The largest absolute Gasteiger partial charge is 0.490 e. The maximum atomic E-state index is 13.5.